The van der Waals surface area contributed by atoms with Crippen molar-refractivity contribution >= 4 is 5.91 Å². The van der Waals surface area contributed by atoms with Crippen LogP contribution in [0.5, 0.6) is 0 Å². The number of carbonyl (C=O) groups is 1. The normalized spacial score (nSPS) is 54.0. The van der Waals surface area contributed by atoms with Crippen LogP contribution < -0.4 is 5.32 Å². The van der Waals surface area contributed by atoms with Crippen LogP contribution in [0.1, 0.15) is 73.1 Å². The lowest BCUT2D eigenvalue weighted by molar-refractivity contribution is -0.188. The summed E-state index contributed by atoms with van der Waals surface area (Å²) in [6.45, 7) is 14.9. The summed E-state index contributed by atoms with van der Waals surface area (Å²) in [5.41, 5.74) is 1.65. The highest BCUT2D eigenvalue weighted by molar-refractivity contribution is 5.73. The van der Waals surface area contributed by atoms with Crippen molar-refractivity contribution in [3.8, 4) is 0 Å². The number of aliphatic hydroxyl groups excluding tert-OH is 1. The smallest absolute Gasteiger partial charge is 0.217 e. The standard InChI is InChI=1S/C25H39NO4/c1-13-7-8-15-20-16(9-10-24(13,15)5)25(6)12-18(26-14(2)27)19(28)11-17(25)21-22(20)30-23(3,4)29-21/h15-22,28H,1,7-12H2,2-6H3,(H,26,27)/t15-,16-,17+,18?,19?,20-,21+,22+,24+,25+/m0/s1. The molecule has 1 aliphatic heterocycles. The molecule has 5 heteroatoms. The van der Waals surface area contributed by atoms with Gasteiger partial charge in [0, 0.05) is 6.92 Å². The minimum absolute atomic E-state index is 0.00962. The third-order valence-electron chi connectivity index (χ3n) is 9.93. The number of allylic oxidation sites excluding steroid dienone is 1. The summed E-state index contributed by atoms with van der Waals surface area (Å²) in [4.78, 5) is 11.8. The molecule has 30 heavy (non-hydrogen) atoms. The largest absolute Gasteiger partial charge is 0.391 e. The average Bonchev–Trinajstić information content (AvgIpc) is 3.12. The summed E-state index contributed by atoms with van der Waals surface area (Å²) in [5, 5.41) is 14.0. The second-order valence-electron chi connectivity index (χ2n) is 11.9. The van der Waals surface area contributed by atoms with Gasteiger partial charge in [-0.1, -0.05) is 26.0 Å². The van der Waals surface area contributed by atoms with Crippen LogP contribution >= 0.6 is 0 Å². The predicted octanol–water partition coefficient (Wildman–Crippen LogP) is 3.80. The number of carbonyl (C=O) groups excluding carboxylic acids is 1. The number of hydrogen-bond acceptors (Lipinski definition) is 4. The van der Waals surface area contributed by atoms with Gasteiger partial charge < -0.3 is 19.9 Å². The average molecular weight is 418 g/mol. The summed E-state index contributed by atoms with van der Waals surface area (Å²) < 4.78 is 13.2. The molecule has 5 fully saturated rings. The molecule has 2 N–H and O–H groups in total. The minimum atomic E-state index is -0.589. The molecule has 4 saturated carbocycles. The maximum atomic E-state index is 11.8. The zero-order chi connectivity index (χ0) is 21.6. The van der Waals surface area contributed by atoms with E-state index in [-0.39, 0.29) is 40.9 Å². The number of hydrogen-bond donors (Lipinski definition) is 2. The Morgan fingerprint density at radius 3 is 2.50 bits per heavy atom. The highest BCUT2D eigenvalue weighted by atomic mass is 16.8. The monoisotopic (exact) mass is 417 g/mol. The van der Waals surface area contributed by atoms with Crippen LogP contribution in [0, 0.1) is 34.5 Å². The van der Waals surface area contributed by atoms with Gasteiger partial charge in [-0.3, -0.25) is 4.79 Å². The van der Waals surface area contributed by atoms with E-state index in [9.17, 15) is 9.90 Å². The van der Waals surface area contributed by atoms with E-state index in [2.05, 4.69) is 25.7 Å². The molecule has 0 aromatic rings. The van der Waals surface area contributed by atoms with E-state index in [1.54, 1.807) is 6.92 Å². The van der Waals surface area contributed by atoms with Crippen molar-refractivity contribution in [2.24, 2.45) is 34.5 Å². The second-order valence-corrected chi connectivity index (χ2v) is 11.9. The summed E-state index contributed by atoms with van der Waals surface area (Å²) in [6.07, 6.45) is 5.72. The summed E-state index contributed by atoms with van der Waals surface area (Å²) in [5.74, 6) is 1.15. The van der Waals surface area contributed by atoms with Crippen LogP contribution in [0.4, 0.5) is 0 Å². The molecule has 5 nitrogen and oxygen atoms in total. The first-order chi connectivity index (χ1) is 14.0. The fourth-order valence-corrected chi connectivity index (χ4v) is 8.56. The van der Waals surface area contributed by atoms with Crippen molar-refractivity contribution < 1.29 is 19.4 Å². The van der Waals surface area contributed by atoms with Gasteiger partial charge in [0.25, 0.3) is 0 Å². The Balaban J connectivity index is 1.56. The van der Waals surface area contributed by atoms with Gasteiger partial charge in [0.1, 0.15) is 0 Å². The zero-order valence-corrected chi connectivity index (χ0v) is 19.2. The van der Waals surface area contributed by atoms with E-state index in [1.165, 1.54) is 24.8 Å². The molecule has 5 aliphatic rings. The first kappa shape index (κ1) is 21.0. The van der Waals surface area contributed by atoms with Crippen molar-refractivity contribution in [1.82, 2.24) is 5.32 Å². The second kappa shape index (κ2) is 6.55. The van der Waals surface area contributed by atoms with Crippen LogP contribution in [0.3, 0.4) is 0 Å². The summed E-state index contributed by atoms with van der Waals surface area (Å²) in [6, 6.07) is -0.178. The van der Waals surface area contributed by atoms with Crippen LogP contribution in [0.25, 0.3) is 0 Å². The first-order valence-corrected chi connectivity index (χ1v) is 12.0. The van der Waals surface area contributed by atoms with Gasteiger partial charge in [-0.15, -0.1) is 0 Å². The molecular weight excluding hydrogens is 378 g/mol. The van der Waals surface area contributed by atoms with Crippen LogP contribution in [0.15, 0.2) is 12.2 Å². The van der Waals surface area contributed by atoms with Gasteiger partial charge in [0.05, 0.1) is 24.4 Å². The highest BCUT2D eigenvalue weighted by Crippen LogP contribution is 2.69. The Morgan fingerprint density at radius 2 is 1.80 bits per heavy atom. The number of fused-ring (bicyclic) bond motifs is 8. The number of nitrogens with one attached hydrogen (secondary N) is 1. The molecule has 1 heterocycles. The number of aliphatic hydroxyl groups is 1. The van der Waals surface area contributed by atoms with Crippen LogP contribution in [-0.2, 0) is 14.3 Å². The zero-order valence-electron chi connectivity index (χ0n) is 19.2. The van der Waals surface area contributed by atoms with Crippen molar-refractivity contribution in [2.45, 2.75) is 103 Å². The molecule has 10 atom stereocenters. The van der Waals surface area contributed by atoms with Gasteiger partial charge >= 0.3 is 0 Å². The first-order valence-electron chi connectivity index (χ1n) is 12.0. The molecule has 2 unspecified atom stereocenters. The maximum Gasteiger partial charge on any atom is 0.217 e. The Bertz CT molecular complexity index is 764. The molecule has 0 aromatic carbocycles. The SMILES string of the molecule is C=C1CC[C@H]2[C@@H]3[C@H]4OC(C)(C)O[C@@H]4[C@H]4CC(O)C(NC(C)=O)C[C@]4(C)[C@H]3CC[C@]12C. The van der Waals surface area contributed by atoms with Crippen LogP contribution in [-0.4, -0.2) is 41.2 Å². The molecule has 4 aliphatic carbocycles. The van der Waals surface area contributed by atoms with Crippen molar-refractivity contribution in [3.05, 3.63) is 12.2 Å². The fraction of sp³-hybridized carbons (Fsp3) is 0.880. The molecule has 0 radical (unpaired) electrons. The Morgan fingerprint density at radius 1 is 1.10 bits per heavy atom. The third kappa shape index (κ3) is 2.80. The van der Waals surface area contributed by atoms with E-state index in [0.717, 1.165) is 12.8 Å². The number of ether oxygens (including phenoxy) is 2. The molecule has 1 saturated heterocycles. The summed E-state index contributed by atoms with van der Waals surface area (Å²) >= 11 is 0. The fourth-order valence-electron chi connectivity index (χ4n) is 8.56. The molecule has 0 bridgehead atoms. The van der Waals surface area contributed by atoms with Gasteiger partial charge in [0.15, 0.2) is 5.79 Å². The lowest BCUT2D eigenvalue weighted by Gasteiger charge is -2.63. The van der Waals surface area contributed by atoms with Crippen LogP contribution in [0.2, 0.25) is 0 Å². The Labute approximate surface area is 181 Å². The minimum Gasteiger partial charge on any atom is -0.391 e. The number of rotatable bonds is 1. The Hall–Kier alpha value is -0.910. The van der Waals surface area contributed by atoms with Crippen molar-refractivity contribution in [3.63, 3.8) is 0 Å². The maximum absolute atomic E-state index is 11.8. The van der Waals surface area contributed by atoms with Gasteiger partial charge in [-0.2, -0.15) is 0 Å². The van der Waals surface area contributed by atoms with Crippen molar-refractivity contribution in [1.29, 1.82) is 0 Å². The molecule has 0 aromatic heterocycles. The molecule has 168 valence electrons. The molecular formula is C25H39NO4. The quantitative estimate of drug-likeness (QED) is 0.637. The van der Waals surface area contributed by atoms with Gasteiger partial charge in [-0.05, 0) is 86.9 Å². The van der Waals surface area contributed by atoms with Gasteiger partial charge in [-0.25, -0.2) is 0 Å². The number of amides is 1. The predicted molar refractivity (Wildman–Crippen MR) is 114 cm³/mol. The van der Waals surface area contributed by atoms with Gasteiger partial charge in [0.2, 0.25) is 5.91 Å². The van der Waals surface area contributed by atoms with E-state index < -0.39 is 11.9 Å². The highest BCUT2D eigenvalue weighted by Gasteiger charge is 2.68. The summed E-state index contributed by atoms with van der Waals surface area (Å²) in [7, 11) is 0. The lowest BCUT2D eigenvalue weighted by Crippen LogP contribution is -2.66. The van der Waals surface area contributed by atoms with E-state index in [4.69, 9.17) is 9.47 Å². The van der Waals surface area contributed by atoms with E-state index in [0.29, 0.717) is 24.2 Å². The molecule has 1 amide bonds. The van der Waals surface area contributed by atoms with E-state index >= 15 is 0 Å². The molecule has 0 spiro atoms. The Kier molecular flexibility index (Phi) is 4.58. The topological polar surface area (TPSA) is 67.8 Å². The van der Waals surface area contributed by atoms with Crippen molar-refractivity contribution in [2.75, 3.05) is 0 Å². The van der Waals surface area contributed by atoms with E-state index in [1.807, 2.05) is 13.8 Å². The third-order valence-corrected chi connectivity index (χ3v) is 9.93. The molecule has 5 rings (SSSR count). The lowest BCUT2D eigenvalue weighted by atomic mass is 9.43.